The Morgan fingerprint density at radius 2 is 2.16 bits per heavy atom. The van der Waals surface area contributed by atoms with Crippen LogP contribution in [0.5, 0.6) is 0 Å². The number of halogens is 1. The largest absolute Gasteiger partial charge is 0.310 e. The smallest absolute Gasteiger partial charge is 0.147 e. The first-order chi connectivity index (χ1) is 8.92. The van der Waals surface area contributed by atoms with Crippen LogP contribution in [0.2, 0.25) is 0 Å². The first kappa shape index (κ1) is 16.0. The summed E-state index contributed by atoms with van der Waals surface area (Å²) in [6.07, 6.45) is 6.18. The summed E-state index contributed by atoms with van der Waals surface area (Å²) in [5.41, 5.74) is 0.766. The maximum Gasteiger partial charge on any atom is 0.147 e. The second-order valence-corrected chi connectivity index (χ2v) is 6.98. The van der Waals surface area contributed by atoms with Gasteiger partial charge in [0.05, 0.1) is 6.20 Å². The first-order valence-corrected chi connectivity index (χ1v) is 8.50. The zero-order valence-electron chi connectivity index (χ0n) is 11.4. The van der Waals surface area contributed by atoms with Gasteiger partial charge in [0.15, 0.2) is 0 Å². The fourth-order valence-corrected chi connectivity index (χ4v) is 2.56. The van der Waals surface area contributed by atoms with Gasteiger partial charge in [-0.2, -0.15) is 0 Å². The molecule has 1 rings (SSSR count). The average molecular weight is 288 g/mol. The highest BCUT2D eigenvalue weighted by Crippen LogP contribution is 2.19. The zero-order valence-corrected chi connectivity index (χ0v) is 12.2. The van der Waals surface area contributed by atoms with Crippen molar-refractivity contribution in [3.63, 3.8) is 0 Å². The Bertz CT molecular complexity index is 491. The van der Waals surface area contributed by atoms with Crippen LogP contribution in [0.3, 0.4) is 0 Å². The van der Waals surface area contributed by atoms with Gasteiger partial charge in [-0.3, -0.25) is 4.98 Å². The maximum atomic E-state index is 13.2. The molecule has 1 aromatic heterocycles. The lowest BCUT2D eigenvalue weighted by atomic mass is 10.0. The molecule has 1 N–H and O–H groups in total. The van der Waals surface area contributed by atoms with E-state index in [1.165, 1.54) is 12.3 Å². The second-order valence-electron chi connectivity index (χ2n) is 4.72. The molecule has 1 heterocycles. The van der Waals surface area contributed by atoms with Crippen molar-refractivity contribution in [2.45, 2.75) is 32.2 Å². The molecule has 0 radical (unpaired) electrons. The van der Waals surface area contributed by atoms with Crippen LogP contribution in [-0.2, 0) is 9.84 Å². The quantitative estimate of drug-likeness (QED) is 0.795. The number of nitrogens with zero attached hydrogens (tertiary/aromatic N) is 1. The topological polar surface area (TPSA) is 59.1 Å². The standard InChI is InChI=1S/C13H21FN2O2S/c1-3-6-16-13(5-4-7-19(2,17)18)11-8-12(14)10-15-9-11/h8-10,13,16H,3-7H2,1-2H3. The molecule has 19 heavy (non-hydrogen) atoms. The molecule has 0 saturated heterocycles. The van der Waals surface area contributed by atoms with Crippen molar-refractivity contribution in [1.29, 1.82) is 0 Å². The van der Waals surface area contributed by atoms with Crippen molar-refractivity contribution in [3.05, 3.63) is 29.8 Å². The minimum absolute atomic E-state index is 0.0510. The van der Waals surface area contributed by atoms with Gasteiger partial charge in [-0.05, 0) is 37.4 Å². The normalized spacial score (nSPS) is 13.4. The predicted octanol–water partition coefficient (Wildman–Crippen LogP) is 2.09. The molecule has 6 heteroatoms. The van der Waals surface area contributed by atoms with Crippen molar-refractivity contribution >= 4 is 9.84 Å². The maximum absolute atomic E-state index is 13.2. The first-order valence-electron chi connectivity index (χ1n) is 6.44. The summed E-state index contributed by atoms with van der Waals surface area (Å²) in [6, 6.07) is 1.39. The van der Waals surface area contributed by atoms with E-state index >= 15 is 0 Å². The minimum Gasteiger partial charge on any atom is -0.310 e. The van der Waals surface area contributed by atoms with Crippen LogP contribution in [-0.4, -0.2) is 32.0 Å². The van der Waals surface area contributed by atoms with Gasteiger partial charge in [-0.25, -0.2) is 12.8 Å². The van der Waals surface area contributed by atoms with Crippen LogP contribution in [0.1, 0.15) is 37.8 Å². The Morgan fingerprint density at radius 1 is 1.42 bits per heavy atom. The van der Waals surface area contributed by atoms with Gasteiger partial charge in [-0.15, -0.1) is 0 Å². The number of sulfone groups is 1. The van der Waals surface area contributed by atoms with Gasteiger partial charge in [0.25, 0.3) is 0 Å². The Kier molecular flexibility index (Phi) is 6.37. The third-order valence-electron chi connectivity index (χ3n) is 2.78. The fourth-order valence-electron chi connectivity index (χ4n) is 1.87. The molecule has 1 aromatic rings. The molecule has 1 unspecified atom stereocenters. The lowest BCUT2D eigenvalue weighted by Gasteiger charge is -2.18. The average Bonchev–Trinajstić information content (AvgIpc) is 2.32. The highest BCUT2D eigenvalue weighted by atomic mass is 32.2. The number of nitrogens with one attached hydrogen (secondary N) is 1. The molecule has 0 amide bonds. The molecule has 0 aliphatic heterocycles. The highest BCUT2D eigenvalue weighted by molar-refractivity contribution is 7.90. The van der Waals surface area contributed by atoms with E-state index in [9.17, 15) is 12.8 Å². The molecule has 0 spiro atoms. The Labute approximate surface area is 114 Å². The van der Waals surface area contributed by atoms with Gasteiger partial charge in [-0.1, -0.05) is 6.92 Å². The van der Waals surface area contributed by atoms with Gasteiger partial charge in [0.1, 0.15) is 15.7 Å². The number of hydrogen-bond donors (Lipinski definition) is 1. The van der Waals surface area contributed by atoms with Crippen LogP contribution in [0, 0.1) is 5.82 Å². The summed E-state index contributed by atoms with van der Waals surface area (Å²) in [5, 5.41) is 3.30. The second kappa shape index (κ2) is 7.55. The van der Waals surface area contributed by atoms with Crippen LogP contribution >= 0.6 is 0 Å². The lowest BCUT2D eigenvalue weighted by molar-refractivity contribution is 0.487. The molecule has 108 valence electrons. The third-order valence-corrected chi connectivity index (χ3v) is 3.81. The van der Waals surface area contributed by atoms with E-state index in [1.54, 1.807) is 6.20 Å². The van der Waals surface area contributed by atoms with E-state index < -0.39 is 9.84 Å². The Hall–Kier alpha value is -1.01. The van der Waals surface area contributed by atoms with Crippen molar-refractivity contribution in [1.82, 2.24) is 10.3 Å². The summed E-state index contributed by atoms with van der Waals surface area (Å²) in [4.78, 5) is 3.84. The monoisotopic (exact) mass is 288 g/mol. The molecular formula is C13H21FN2O2S. The van der Waals surface area contributed by atoms with Gasteiger partial charge in [0, 0.05) is 24.2 Å². The van der Waals surface area contributed by atoms with Crippen LogP contribution in [0.4, 0.5) is 4.39 Å². The summed E-state index contributed by atoms with van der Waals surface area (Å²) in [5.74, 6) is -0.219. The highest BCUT2D eigenvalue weighted by Gasteiger charge is 2.13. The number of hydrogen-bond acceptors (Lipinski definition) is 4. The number of aromatic nitrogens is 1. The van der Waals surface area contributed by atoms with Crippen LogP contribution in [0.15, 0.2) is 18.5 Å². The van der Waals surface area contributed by atoms with Gasteiger partial charge >= 0.3 is 0 Å². The van der Waals surface area contributed by atoms with E-state index in [-0.39, 0.29) is 17.6 Å². The van der Waals surface area contributed by atoms with Crippen molar-refractivity contribution < 1.29 is 12.8 Å². The lowest BCUT2D eigenvalue weighted by Crippen LogP contribution is -2.23. The molecule has 0 aliphatic rings. The van der Waals surface area contributed by atoms with E-state index in [1.807, 2.05) is 6.92 Å². The molecule has 0 fully saturated rings. The van der Waals surface area contributed by atoms with Crippen LogP contribution in [0.25, 0.3) is 0 Å². The summed E-state index contributed by atoms with van der Waals surface area (Å²) in [7, 11) is -2.95. The van der Waals surface area contributed by atoms with E-state index in [2.05, 4.69) is 10.3 Å². The number of pyridine rings is 1. The molecule has 0 aliphatic carbocycles. The minimum atomic E-state index is -2.95. The summed E-state index contributed by atoms with van der Waals surface area (Å²) in [6.45, 7) is 2.85. The molecule has 4 nitrogen and oxygen atoms in total. The van der Waals surface area contributed by atoms with E-state index in [4.69, 9.17) is 0 Å². The molecule has 0 saturated carbocycles. The zero-order chi connectivity index (χ0) is 14.3. The SMILES string of the molecule is CCCNC(CCCS(C)(=O)=O)c1cncc(F)c1. The molecule has 0 aromatic carbocycles. The molecular weight excluding hydrogens is 267 g/mol. The Balaban J connectivity index is 2.66. The third kappa shape index (κ3) is 6.63. The van der Waals surface area contributed by atoms with Crippen LogP contribution < -0.4 is 5.32 Å². The number of rotatable bonds is 8. The van der Waals surface area contributed by atoms with Crippen molar-refractivity contribution in [3.8, 4) is 0 Å². The van der Waals surface area contributed by atoms with Gasteiger partial charge in [0.2, 0.25) is 0 Å². The molecule has 0 bridgehead atoms. The van der Waals surface area contributed by atoms with E-state index in [0.29, 0.717) is 12.8 Å². The summed E-state index contributed by atoms with van der Waals surface area (Å²) < 4.78 is 35.4. The fraction of sp³-hybridized carbons (Fsp3) is 0.615. The van der Waals surface area contributed by atoms with Crippen molar-refractivity contribution in [2.24, 2.45) is 0 Å². The van der Waals surface area contributed by atoms with Crippen molar-refractivity contribution in [2.75, 3.05) is 18.6 Å². The van der Waals surface area contributed by atoms with E-state index in [0.717, 1.165) is 24.7 Å². The molecule has 1 atom stereocenters. The van der Waals surface area contributed by atoms with Gasteiger partial charge < -0.3 is 5.32 Å². The Morgan fingerprint density at radius 3 is 2.74 bits per heavy atom. The predicted molar refractivity (Wildman–Crippen MR) is 74.2 cm³/mol. The summed E-state index contributed by atoms with van der Waals surface area (Å²) >= 11 is 0.